The largest absolute Gasteiger partial charge is 0.335 e. The van der Waals surface area contributed by atoms with Gasteiger partial charge in [-0.1, -0.05) is 6.92 Å². The smallest absolute Gasteiger partial charge is 0.274 e. The molecule has 2 heterocycles. The number of rotatable bonds is 4. The van der Waals surface area contributed by atoms with E-state index < -0.39 is 0 Å². The molecule has 0 bridgehead atoms. The summed E-state index contributed by atoms with van der Waals surface area (Å²) in [4.78, 5) is 16.8. The van der Waals surface area contributed by atoms with Gasteiger partial charge in [0.1, 0.15) is 5.69 Å². The lowest BCUT2D eigenvalue weighted by molar-refractivity contribution is 0.0573. The van der Waals surface area contributed by atoms with Crippen molar-refractivity contribution in [2.75, 3.05) is 26.2 Å². The van der Waals surface area contributed by atoms with Crippen LogP contribution >= 0.6 is 0 Å². The molecule has 1 aliphatic rings. The van der Waals surface area contributed by atoms with Crippen LogP contribution in [0.25, 0.3) is 0 Å². The molecule has 5 nitrogen and oxygen atoms in total. The van der Waals surface area contributed by atoms with E-state index in [9.17, 15) is 4.79 Å². The summed E-state index contributed by atoms with van der Waals surface area (Å²) in [5.74, 6) is 0.0631. The van der Waals surface area contributed by atoms with Gasteiger partial charge in [0, 0.05) is 44.5 Å². The SMILES string of the molecule is CC[C@@H](C)N1CCN(C(=O)c2ccn(C(C)C)n2)CC1. The standard InChI is InChI=1S/C15H26N4O/c1-5-13(4)17-8-10-18(11-9-17)15(20)14-6-7-19(16-14)12(2)3/h6-7,12-13H,5,8-11H2,1-4H3/t13-/m1/s1. The van der Waals surface area contributed by atoms with Crippen LogP contribution < -0.4 is 0 Å². The molecule has 2 rings (SSSR count). The van der Waals surface area contributed by atoms with Crippen molar-refractivity contribution in [2.24, 2.45) is 0 Å². The van der Waals surface area contributed by atoms with Crippen LogP contribution in [0.15, 0.2) is 12.3 Å². The highest BCUT2D eigenvalue weighted by Crippen LogP contribution is 2.12. The predicted octanol–water partition coefficient (Wildman–Crippen LogP) is 2.02. The average Bonchev–Trinajstić information content (AvgIpc) is 2.96. The van der Waals surface area contributed by atoms with Crippen molar-refractivity contribution < 1.29 is 4.79 Å². The van der Waals surface area contributed by atoms with Crippen LogP contribution in [0.5, 0.6) is 0 Å². The van der Waals surface area contributed by atoms with Crippen molar-refractivity contribution in [3.05, 3.63) is 18.0 Å². The van der Waals surface area contributed by atoms with Crippen molar-refractivity contribution in [1.29, 1.82) is 0 Å². The van der Waals surface area contributed by atoms with Crippen molar-refractivity contribution in [1.82, 2.24) is 19.6 Å². The molecule has 1 amide bonds. The number of hydrogen-bond acceptors (Lipinski definition) is 3. The van der Waals surface area contributed by atoms with Gasteiger partial charge in [0.05, 0.1) is 0 Å². The average molecular weight is 278 g/mol. The van der Waals surface area contributed by atoms with E-state index in [4.69, 9.17) is 0 Å². The second kappa shape index (κ2) is 6.39. The highest BCUT2D eigenvalue weighted by atomic mass is 16.2. The normalized spacial score (nSPS) is 18.6. The Balaban J connectivity index is 1.94. The maximum absolute atomic E-state index is 12.4. The summed E-state index contributed by atoms with van der Waals surface area (Å²) in [5, 5.41) is 4.37. The van der Waals surface area contributed by atoms with Gasteiger partial charge < -0.3 is 4.90 Å². The van der Waals surface area contributed by atoms with Crippen LogP contribution in [-0.2, 0) is 0 Å². The molecule has 5 heteroatoms. The topological polar surface area (TPSA) is 41.4 Å². The van der Waals surface area contributed by atoms with Crippen LogP contribution in [0, 0.1) is 0 Å². The molecule has 0 spiro atoms. The molecule has 112 valence electrons. The molecular formula is C15H26N4O. The zero-order valence-corrected chi connectivity index (χ0v) is 13.0. The number of carbonyl (C=O) groups excluding carboxylic acids is 1. The molecule has 0 aromatic carbocycles. The van der Waals surface area contributed by atoms with Crippen molar-refractivity contribution in [2.45, 2.75) is 46.2 Å². The summed E-state index contributed by atoms with van der Waals surface area (Å²) in [6, 6.07) is 2.72. The fraction of sp³-hybridized carbons (Fsp3) is 0.733. The third-order valence-corrected chi connectivity index (χ3v) is 4.17. The number of hydrogen-bond donors (Lipinski definition) is 0. The zero-order valence-electron chi connectivity index (χ0n) is 13.0. The van der Waals surface area contributed by atoms with Crippen molar-refractivity contribution >= 4 is 5.91 Å². The lowest BCUT2D eigenvalue weighted by atomic mass is 10.2. The Bertz CT molecular complexity index is 446. The van der Waals surface area contributed by atoms with Gasteiger partial charge in [0.25, 0.3) is 5.91 Å². The van der Waals surface area contributed by atoms with Gasteiger partial charge in [0.2, 0.25) is 0 Å². The minimum absolute atomic E-state index is 0.0631. The molecule has 0 radical (unpaired) electrons. The van der Waals surface area contributed by atoms with Crippen molar-refractivity contribution in [3.63, 3.8) is 0 Å². The highest BCUT2D eigenvalue weighted by Gasteiger charge is 2.25. The van der Waals surface area contributed by atoms with Gasteiger partial charge in [-0.05, 0) is 33.3 Å². The first-order chi connectivity index (χ1) is 9.52. The molecule has 1 saturated heterocycles. The van der Waals surface area contributed by atoms with Crippen LogP contribution in [-0.4, -0.2) is 57.7 Å². The Hall–Kier alpha value is -1.36. The second-order valence-electron chi connectivity index (χ2n) is 5.86. The Kier molecular flexibility index (Phi) is 4.81. The number of nitrogens with zero attached hydrogens (tertiary/aromatic N) is 4. The predicted molar refractivity (Wildman–Crippen MR) is 79.8 cm³/mol. The lowest BCUT2D eigenvalue weighted by Gasteiger charge is -2.37. The lowest BCUT2D eigenvalue weighted by Crippen LogP contribution is -2.51. The monoisotopic (exact) mass is 278 g/mol. The minimum atomic E-state index is 0.0631. The van der Waals surface area contributed by atoms with Crippen LogP contribution in [0.1, 0.15) is 50.6 Å². The van der Waals surface area contributed by atoms with Crippen LogP contribution in [0.4, 0.5) is 0 Å². The van der Waals surface area contributed by atoms with E-state index in [-0.39, 0.29) is 5.91 Å². The Labute approximate surface area is 121 Å². The van der Waals surface area contributed by atoms with Gasteiger partial charge in [-0.15, -0.1) is 0 Å². The van der Waals surface area contributed by atoms with Gasteiger partial charge in [-0.25, -0.2) is 0 Å². The second-order valence-corrected chi connectivity index (χ2v) is 5.86. The molecule has 1 aromatic heterocycles. The van der Waals surface area contributed by atoms with Crippen LogP contribution in [0.2, 0.25) is 0 Å². The third-order valence-electron chi connectivity index (χ3n) is 4.17. The van der Waals surface area contributed by atoms with E-state index in [2.05, 4.69) is 37.7 Å². The number of carbonyl (C=O) groups is 1. The molecule has 1 aliphatic heterocycles. The summed E-state index contributed by atoms with van der Waals surface area (Å²) < 4.78 is 1.84. The maximum atomic E-state index is 12.4. The molecule has 20 heavy (non-hydrogen) atoms. The van der Waals surface area contributed by atoms with E-state index >= 15 is 0 Å². The summed E-state index contributed by atoms with van der Waals surface area (Å²) >= 11 is 0. The van der Waals surface area contributed by atoms with E-state index in [0.29, 0.717) is 17.8 Å². The molecular weight excluding hydrogens is 252 g/mol. The molecule has 1 aromatic rings. The van der Waals surface area contributed by atoms with Gasteiger partial charge in [-0.3, -0.25) is 14.4 Å². The van der Waals surface area contributed by atoms with E-state index in [1.54, 1.807) is 0 Å². The van der Waals surface area contributed by atoms with Gasteiger partial charge in [0.15, 0.2) is 0 Å². The fourth-order valence-electron chi connectivity index (χ4n) is 2.53. The summed E-state index contributed by atoms with van der Waals surface area (Å²) in [6.07, 6.45) is 3.04. The van der Waals surface area contributed by atoms with Gasteiger partial charge >= 0.3 is 0 Å². The minimum Gasteiger partial charge on any atom is -0.335 e. The molecule has 0 N–H and O–H groups in total. The third kappa shape index (κ3) is 3.20. The Morgan fingerprint density at radius 3 is 2.40 bits per heavy atom. The van der Waals surface area contributed by atoms with E-state index in [1.165, 1.54) is 0 Å². The zero-order chi connectivity index (χ0) is 14.7. The molecule has 1 atom stereocenters. The maximum Gasteiger partial charge on any atom is 0.274 e. The number of amides is 1. The van der Waals surface area contributed by atoms with Crippen LogP contribution in [0.3, 0.4) is 0 Å². The quantitative estimate of drug-likeness (QED) is 0.846. The number of aromatic nitrogens is 2. The Morgan fingerprint density at radius 1 is 1.25 bits per heavy atom. The molecule has 1 fully saturated rings. The first-order valence-electron chi connectivity index (χ1n) is 7.61. The summed E-state index contributed by atoms with van der Waals surface area (Å²) in [5.41, 5.74) is 0.565. The van der Waals surface area contributed by atoms with E-state index in [0.717, 1.165) is 32.6 Å². The first-order valence-corrected chi connectivity index (χ1v) is 7.61. The first kappa shape index (κ1) is 15.0. The molecule has 0 aliphatic carbocycles. The highest BCUT2D eigenvalue weighted by molar-refractivity contribution is 5.92. The van der Waals surface area contributed by atoms with Crippen molar-refractivity contribution in [3.8, 4) is 0 Å². The fourth-order valence-corrected chi connectivity index (χ4v) is 2.53. The van der Waals surface area contributed by atoms with Gasteiger partial charge in [-0.2, -0.15) is 5.10 Å². The Morgan fingerprint density at radius 2 is 1.90 bits per heavy atom. The summed E-state index contributed by atoms with van der Waals surface area (Å²) in [6.45, 7) is 12.1. The van der Waals surface area contributed by atoms with E-state index in [1.807, 2.05) is 21.8 Å². The number of piperazine rings is 1. The molecule has 0 saturated carbocycles. The molecule has 0 unspecified atom stereocenters. The summed E-state index contributed by atoms with van der Waals surface area (Å²) in [7, 11) is 0.